The van der Waals surface area contributed by atoms with Gasteiger partial charge in [-0.1, -0.05) is 0 Å². The molecular weight excluding hydrogens is 186 g/mol. The Kier molecular flexibility index (Phi) is 2.40. The van der Waals surface area contributed by atoms with Crippen molar-refractivity contribution in [2.75, 3.05) is 4.69 Å². The van der Waals surface area contributed by atoms with Crippen LogP contribution in [0.1, 0.15) is 0 Å². The van der Waals surface area contributed by atoms with E-state index in [1.165, 1.54) is 0 Å². The molecule has 0 aliphatic rings. The van der Waals surface area contributed by atoms with Gasteiger partial charge in [-0.05, 0) is 0 Å². The van der Waals surface area contributed by atoms with Crippen molar-refractivity contribution in [1.82, 2.24) is 0 Å². The third-order valence-electron chi connectivity index (χ3n) is 0.401. The van der Waals surface area contributed by atoms with E-state index in [9.17, 15) is 4.39 Å². The fourth-order valence-corrected chi connectivity index (χ4v) is 0. The van der Waals surface area contributed by atoms with E-state index >= 15 is 0 Å². The summed E-state index contributed by atoms with van der Waals surface area (Å²) in [6, 6.07) is 0. The van der Waals surface area contributed by atoms with E-state index in [-0.39, 0.29) is 4.69 Å². The van der Waals surface area contributed by atoms with Gasteiger partial charge in [0.1, 0.15) is 0 Å². The number of halogens is 1. The molecule has 6 heavy (non-hydrogen) atoms. The summed E-state index contributed by atoms with van der Waals surface area (Å²) in [5.41, 5.74) is 0. The van der Waals surface area contributed by atoms with Crippen molar-refractivity contribution in [1.29, 1.82) is 0 Å². The quantitative estimate of drug-likeness (QED) is 0.562. The van der Waals surface area contributed by atoms with Crippen molar-refractivity contribution in [3.63, 3.8) is 0 Å². The molecule has 0 saturated heterocycles. The van der Waals surface area contributed by atoms with Crippen molar-refractivity contribution in [2.45, 2.75) is 14.8 Å². The van der Waals surface area contributed by atoms with E-state index in [0.717, 1.165) is 0 Å². The fraction of sp³-hybridized carbons (Fsp3) is 1.00. The molecule has 0 rings (SSSR count). The van der Waals surface area contributed by atoms with Gasteiger partial charge in [0.15, 0.2) is 0 Å². The van der Waals surface area contributed by atoms with Crippen molar-refractivity contribution >= 4 is 18.4 Å². The first-order valence-corrected chi connectivity index (χ1v) is 12.7. The van der Waals surface area contributed by atoms with E-state index in [1.54, 1.807) is 0 Å². The Balaban J connectivity index is 3.17. The van der Waals surface area contributed by atoms with Crippen LogP contribution in [0.3, 0.4) is 0 Å². The molecule has 0 fully saturated rings. The van der Waals surface area contributed by atoms with E-state index in [2.05, 4.69) is 14.8 Å². The summed E-state index contributed by atoms with van der Waals surface area (Å²) in [6.07, 6.45) is 0. The molecule has 0 bridgehead atoms. The van der Waals surface area contributed by atoms with E-state index in [4.69, 9.17) is 0 Å². The van der Waals surface area contributed by atoms with Crippen LogP contribution >= 0.6 is 0 Å². The third kappa shape index (κ3) is 4.73. The van der Waals surface area contributed by atoms with Gasteiger partial charge in [0.2, 0.25) is 0 Å². The van der Waals surface area contributed by atoms with Gasteiger partial charge in [-0.15, -0.1) is 0 Å². The van der Waals surface area contributed by atoms with Crippen LogP contribution in [0.25, 0.3) is 0 Å². The Morgan fingerprint density at radius 3 is 1.50 bits per heavy atom. The summed E-state index contributed by atoms with van der Waals surface area (Å²) in [4.78, 5) is 6.23. The Morgan fingerprint density at radius 1 is 1.33 bits per heavy atom. The summed E-state index contributed by atoms with van der Waals surface area (Å²) in [5, 5.41) is 0. The van der Waals surface area contributed by atoms with Crippen LogP contribution in [-0.2, 0) is 0 Å². The van der Waals surface area contributed by atoms with Crippen LogP contribution in [0.15, 0.2) is 0 Å². The minimum atomic E-state index is -1.90. The molecule has 0 heterocycles. The molecule has 0 atom stereocenters. The zero-order chi connectivity index (χ0) is 5.21. The van der Waals surface area contributed by atoms with Crippen molar-refractivity contribution in [3.8, 4) is 0 Å². The Labute approximate surface area is 42.6 Å². The molecule has 0 aliphatic carbocycles. The second-order valence-electron chi connectivity index (χ2n) is 2.69. The predicted octanol–water partition coefficient (Wildman–Crippen LogP) is 1.83. The van der Waals surface area contributed by atoms with E-state index < -0.39 is 18.4 Å². The van der Waals surface area contributed by atoms with Gasteiger partial charge in [-0.25, -0.2) is 0 Å². The van der Waals surface area contributed by atoms with Gasteiger partial charge in [0.05, 0.1) is 0 Å². The van der Waals surface area contributed by atoms with Gasteiger partial charge < -0.3 is 0 Å². The number of hydrogen-bond acceptors (Lipinski definition) is 0. The molecule has 38 valence electrons. The van der Waals surface area contributed by atoms with Gasteiger partial charge >= 0.3 is 42.3 Å². The molecule has 0 N–H and O–H groups in total. The first kappa shape index (κ1) is 6.73. The van der Waals surface area contributed by atoms with Gasteiger partial charge in [-0.2, -0.15) is 0 Å². The van der Waals surface area contributed by atoms with Crippen molar-refractivity contribution in [3.05, 3.63) is 0 Å². The molecule has 0 saturated carbocycles. The summed E-state index contributed by atoms with van der Waals surface area (Å²) >= 11 is -1.90. The van der Waals surface area contributed by atoms with E-state index in [1.807, 2.05) is 0 Å². The monoisotopic (exact) mass is 198 g/mol. The maximum atomic E-state index is 11.6. The molecule has 0 aliphatic heterocycles. The second-order valence-corrected chi connectivity index (χ2v) is 18.1. The zero-order valence-corrected chi connectivity index (χ0v) is 7.44. The van der Waals surface area contributed by atoms with Crippen molar-refractivity contribution in [2.24, 2.45) is 0 Å². The fourth-order valence-electron chi connectivity index (χ4n) is 0. The molecule has 0 amide bonds. The first-order chi connectivity index (χ1) is 2.56. The molecule has 0 spiro atoms. The first-order valence-electron chi connectivity index (χ1n) is 2.12. The molecule has 2 heteroatoms. The number of rotatable bonds is 1. The third-order valence-corrected chi connectivity index (χ3v) is 2.69. The predicted molar refractivity (Wildman–Crippen MR) is 29.3 cm³/mol. The van der Waals surface area contributed by atoms with Crippen LogP contribution in [0.4, 0.5) is 4.39 Å². The average molecular weight is 197 g/mol. The molecule has 0 aromatic heterocycles. The van der Waals surface area contributed by atoms with Crippen LogP contribution in [-0.4, -0.2) is 23.1 Å². The van der Waals surface area contributed by atoms with E-state index in [0.29, 0.717) is 0 Å². The minimum absolute atomic E-state index is 0.0192. The normalized spacial score (nSPS) is 12.0. The standard InChI is InChI=1S/CH2F.3CH3.Sn/c1-2;;;;/h1H2;3*1H3;. The van der Waals surface area contributed by atoms with Crippen LogP contribution in [0.2, 0.25) is 14.8 Å². The van der Waals surface area contributed by atoms with Crippen LogP contribution in [0.5, 0.6) is 0 Å². The number of hydrogen-bond donors (Lipinski definition) is 0. The maximum absolute atomic E-state index is 11.6. The molecular formula is C4H11FSn. The second kappa shape index (κ2) is 2.14. The topological polar surface area (TPSA) is 0 Å². The number of alkyl halides is 1. The Bertz CT molecular complexity index is 37.3. The summed E-state index contributed by atoms with van der Waals surface area (Å²) in [5.74, 6) is 0. The molecule has 0 radical (unpaired) electrons. The summed E-state index contributed by atoms with van der Waals surface area (Å²) in [6.45, 7) is 0. The Morgan fingerprint density at radius 2 is 1.50 bits per heavy atom. The van der Waals surface area contributed by atoms with Gasteiger partial charge in [0.25, 0.3) is 0 Å². The average Bonchev–Trinajstić information content (AvgIpc) is 1.35. The summed E-state index contributed by atoms with van der Waals surface area (Å²) in [7, 11) is 0. The van der Waals surface area contributed by atoms with Crippen LogP contribution in [0, 0.1) is 0 Å². The van der Waals surface area contributed by atoms with Gasteiger partial charge in [-0.3, -0.25) is 0 Å². The molecule has 0 aromatic rings. The Hall–Kier alpha value is 0.729. The summed E-state index contributed by atoms with van der Waals surface area (Å²) < 4.78 is 11.6. The molecule has 0 aromatic carbocycles. The molecule has 0 nitrogen and oxygen atoms in total. The van der Waals surface area contributed by atoms with Crippen LogP contribution < -0.4 is 0 Å². The van der Waals surface area contributed by atoms with Crippen molar-refractivity contribution < 1.29 is 4.39 Å². The van der Waals surface area contributed by atoms with Gasteiger partial charge in [0, 0.05) is 0 Å². The molecule has 0 unspecified atom stereocenters. The SMILES string of the molecule is [CH3][Sn]([CH3])([CH3])[CH2]F. The zero-order valence-electron chi connectivity index (χ0n) is 4.59.